The number of hydrogen-bond acceptors (Lipinski definition) is 3. The van der Waals surface area contributed by atoms with E-state index in [-0.39, 0.29) is 12.0 Å². The minimum Gasteiger partial charge on any atom is -0.444 e. The van der Waals surface area contributed by atoms with E-state index in [1.165, 1.54) is 5.57 Å². The first-order valence-corrected chi connectivity index (χ1v) is 12.8. The Labute approximate surface area is 218 Å². The van der Waals surface area contributed by atoms with Gasteiger partial charge in [-0.2, -0.15) is 0 Å². The summed E-state index contributed by atoms with van der Waals surface area (Å²) in [6.07, 6.45) is 1.15. The maximum atomic E-state index is 12.8. The fourth-order valence-electron chi connectivity index (χ4n) is 4.24. The molecule has 0 N–H and O–H groups in total. The minimum absolute atomic E-state index is 0.0240. The average Bonchev–Trinajstić information content (AvgIpc) is 2.82. The average molecular weight is 517 g/mol. The van der Waals surface area contributed by atoms with Crippen LogP contribution in [-0.4, -0.2) is 53.6 Å². The number of amides is 2. The van der Waals surface area contributed by atoms with Gasteiger partial charge < -0.3 is 14.5 Å². The van der Waals surface area contributed by atoms with Crippen molar-refractivity contribution in [2.45, 2.75) is 53.1 Å². The number of ether oxygens (including phenoxy) is 1. The number of carbonyl (C=O) groups excluding carboxylic acids is 2. The summed E-state index contributed by atoms with van der Waals surface area (Å²) in [4.78, 5) is 28.9. The van der Waals surface area contributed by atoms with Gasteiger partial charge in [-0.05, 0) is 88.4 Å². The van der Waals surface area contributed by atoms with Crippen LogP contribution in [0, 0.1) is 0 Å². The van der Waals surface area contributed by atoms with E-state index in [1.54, 1.807) is 15.9 Å². The topological polar surface area (TPSA) is 49.9 Å². The third-order valence-corrected chi connectivity index (χ3v) is 6.79. The van der Waals surface area contributed by atoms with Crippen molar-refractivity contribution in [1.82, 2.24) is 9.80 Å². The third kappa shape index (κ3) is 6.80. The largest absolute Gasteiger partial charge is 0.444 e. The van der Waals surface area contributed by atoms with Gasteiger partial charge in [0.1, 0.15) is 5.60 Å². The highest BCUT2D eigenvalue weighted by molar-refractivity contribution is 6.42. The van der Waals surface area contributed by atoms with E-state index < -0.39 is 5.60 Å². The van der Waals surface area contributed by atoms with Crippen molar-refractivity contribution in [2.75, 3.05) is 26.2 Å². The van der Waals surface area contributed by atoms with Crippen LogP contribution in [0.4, 0.5) is 4.79 Å². The van der Waals surface area contributed by atoms with Crippen molar-refractivity contribution >= 4 is 40.8 Å². The molecule has 1 aliphatic heterocycles. The lowest BCUT2D eigenvalue weighted by atomic mass is 9.88. The molecule has 1 fully saturated rings. The first-order valence-electron chi connectivity index (χ1n) is 12.1. The van der Waals surface area contributed by atoms with Crippen molar-refractivity contribution in [2.24, 2.45) is 0 Å². The van der Waals surface area contributed by atoms with Crippen LogP contribution in [-0.2, 0) is 4.74 Å². The van der Waals surface area contributed by atoms with E-state index in [0.29, 0.717) is 41.8 Å². The number of piperidine rings is 1. The van der Waals surface area contributed by atoms with Crippen LogP contribution in [0.3, 0.4) is 0 Å². The number of rotatable bonds is 5. The smallest absolute Gasteiger partial charge is 0.410 e. The standard InChI is InChI=1S/C28H34Cl2N2O3/c1-6-31(7-2)26(33)21-10-8-19(9-11-21)25(22-12-13-23(29)24(30)18-22)20-14-16-32(17-15-20)27(34)35-28(3,4)5/h8-13,18H,6-7,14-17H2,1-5H3. The van der Waals surface area contributed by atoms with Crippen LogP contribution in [0.15, 0.2) is 48.0 Å². The molecule has 0 radical (unpaired) electrons. The molecule has 0 unspecified atom stereocenters. The summed E-state index contributed by atoms with van der Waals surface area (Å²) in [5.74, 6) is 0.0240. The van der Waals surface area contributed by atoms with Crippen LogP contribution < -0.4 is 0 Å². The lowest BCUT2D eigenvalue weighted by Crippen LogP contribution is -2.40. The van der Waals surface area contributed by atoms with Gasteiger partial charge in [0.15, 0.2) is 0 Å². The van der Waals surface area contributed by atoms with Gasteiger partial charge in [0, 0.05) is 31.7 Å². The van der Waals surface area contributed by atoms with Crippen molar-refractivity contribution in [3.63, 3.8) is 0 Å². The van der Waals surface area contributed by atoms with Crippen molar-refractivity contribution in [3.8, 4) is 0 Å². The molecule has 2 amide bonds. The van der Waals surface area contributed by atoms with Crippen molar-refractivity contribution in [1.29, 1.82) is 0 Å². The van der Waals surface area contributed by atoms with Crippen LogP contribution in [0.2, 0.25) is 10.0 Å². The molecule has 1 saturated heterocycles. The Hall–Kier alpha value is -2.50. The van der Waals surface area contributed by atoms with Crippen molar-refractivity contribution in [3.05, 3.63) is 74.8 Å². The number of likely N-dealkylation sites (tertiary alicyclic amines) is 1. The van der Waals surface area contributed by atoms with E-state index >= 15 is 0 Å². The Bertz CT molecular complexity index is 1090. The van der Waals surface area contributed by atoms with E-state index in [9.17, 15) is 9.59 Å². The van der Waals surface area contributed by atoms with Gasteiger partial charge in [0.2, 0.25) is 0 Å². The lowest BCUT2D eigenvalue weighted by molar-refractivity contribution is 0.0236. The second kappa shape index (κ2) is 11.5. The summed E-state index contributed by atoms with van der Waals surface area (Å²) in [5, 5.41) is 0.987. The maximum Gasteiger partial charge on any atom is 0.410 e. The highest BCUT2D eigenvalue weighted by Gasteiger charge is 2.26. The summed E-state index contributed by atoms with van der Waals surface area (Å²) in [6, 6.07) is 13.4. The zero-order valence-electron chi connectivity index (χ0n) is 21.2. The molecule has 0 aliphatic carbocycles. The van der Waals surface area contributed by atoms with Crippen LogP contribution in [0.1, 0.15) is 68.9 Å². The Morgan fingerprint density at radius 1 is 0.886 bits per heavy atom. The molecule has 35 heavy (non-hydrogen) atoms. The maximum absolute atomic E-state index is 12.8. The summed E-state index contributed by atoms with van der Waals surface area (Å²) in [5.41, 5.74) is 4.39. The Balaban J connectivity index is 1.94. The second-order valence-electron chi connectivity index (χ2n) is 9.63. The van der Waals surface area contributed by atoms with Gasteiger partial charge in [-0.3, -0.25) is 4.79 Å². The molecular weight excluding hydrogens is 483 g/mol. The molecule has 0 aromatic heterocycles. The molecule has 0 atom stereocenters. The van der Waals surface area contributed by atoms with Gasteiger partial charge in [-0.1, -0.05) is 47.0 Å². The zero-order chi connectivity index (χ0) is 25.8. The normalized spacial score (nSPS) is 14.0. The summed E-state index contributed by atoms with van der Waals surface area (Å²) in [6.45, 7) is 12.1. The fourth-order valence-corrected chi connectivity index (χ4v) is 4.53. The fraction of sp³-hybridized carbons (Fsp3) is 0.429. The molecule has 7 heteroatoms. The van der Waals surface area contributed by atoms with Gasteiger partial charge in [0.05, 0.1) is 10.0 Å². The molecular formula is C28H34Cl2N2O3. The second-order valence-corrected chi connectivity index (χ2v) is 10.4. The molecule has 188 valence electrons. The van der Waals surface area contributed by atoms with E-state index in [1.807, 2.05) is 71.0 Å². The van der Waals surface area contributed by atoms with E-state index in [0.717, 1.165) is 29.5 Å². The number of halogens is 2. The molecule has 1 aliphatic rings. The molecule has 0 spiro atoms. The van der Waals surface area contributed by atoms with E-state index in [2.05, 4.69) is 0 Å². The van der Waals surface area contributed by atoms with E-state index in [4.69, 9.17) is 27.9 Å². The first-order chi connectivity index (χ1) is 16.5. The Morgan fingerprint density at radius 3 is 1.94 bits per heavy atom. The number of carbonyl (C=O) groups is 2. The highest BCUT2D eigenvalue weighted by Crippen LogP contribution is 2.35. The van der Waals surface area contributed by atoms with Gasteiger partial charge in [-0.25, -0.2) is 4.79 Å². The summed E-state index contributed by atoms with van der Waals surface area (Å²) in [7, 11) is 0. The SMILES string of the molecule is CCN(CC)C(=O)c1ccc(C(=C2CCN(C(=O)OC(C)(C)C)CC2)c2ccc(Cl)c(Cl)c2)cc1. The molecule has 0 saturated carbocycles. The molecule has 2 aromatic rings. The molecule has 2 aromatic carbocycles. The number of hydrogen-bond donors (Lipinski definition) is 0. The predicted octanol–water partition coefficient (Wildman–Crippen LogP) is 7.31. The number of benzene rings is 2. The lowest BCUT2D eigenvalue weighted by Gasteiger charge is -2.32. The van der Waals surface area contributed by atoms with Crippen molar-refractivity contribution < 1.29 is 14.3 Å². The Morgan fingerprint density at radius 2 is 1.43 bits per heavy atom. The minimum atomic E-state index is -0.525. The molecule has 3 rings (SSSR count). The van der Waals surface area contributed by atoms with Crippen LogP contribution >= 0.6 is 23.2 Å². The van der Waals surface area contributed by atoms with Crippen LogP contribution in [0.5, 0.6) is 0 Å². The van der Waals surface area contributed by atoms with Crippen LogP contribution in [0.25, 0.3) is 5.57 Å². The van der Waals surface area contributed by atoms with Gasteiger partial charge >= 0.3 is 6.09 Å². The molecule has 5 nitrogen and oxygen atoms in total. The number of nitrogens with zero attached hydrogens (tertiary/aromatic N) is 2. The quantitative estimate of drug-likeness (QED) is 0.418. The van der Waals surface area contributed by atoms with Gasteiger partial charge in [0.25, 0.3) is 5.91 Å². The molecule has 1 heterocycles. The predicted molar refractivity (Wildman–Crippen MR) is 143 cm³/mol. The Kier molecular flexibility index (Phi) is 8.89. The zero-order valence-corrected chi connectivity index (χ0v) is 22.7. The third-order valence-electron chi connectivity index (χ3n) is 6.05. The first kappa shape index (κ1) is 27.1. The van der Waals surface area contributed by atoms with Gasteiger partial charge in [-0.15, -0.1) is 0 Å². The molecule has 0 bridgehead atoms. The highest BCUT2D eigenvalue weighted by atomic mass is 35.5. The monoisotopic (exact) mass is 516 g/mol. The summed E-state index contributed by atoms with van der Waals surface area (Å²) < 4.78 is 5.55. The summed E-state index contributed by atoms with van der Waals surface area (Å²) >= 11 is 12.6.